The molecule has 0 spiro atoms. The quantitative estimate of drug-likeness (QED) is 0.196. The summed E-state index contributed by atoms with van der Waals surface area (Å²) >= 11 is 0. The lowest BCUT2D eigenvalue weighted by Gasteiger charge is -2.33. The normalized spacial score (nSPS) is 10.7. The molecule has 0 fully saturated rings. The highest BCUT2D eigenvalue weighted by molar-refractivity contribution is 5.26. The lowest BCUT2D eigenvalue weighted by Crippen LogP contribution is -2.36. The number of hydrogen-bond acceptors (Lipinski definition) is 4. The molecular formula is C18H37NO3. The molecule has 1 N–H and O–H groups in total. The number of isocyanates is 1. The average molecular weight is 315 g/mol. The van der Waals surface area contributed by atoms with Crippen molar-refractivity contribution in [2.45, 2.75) is 97.7 Å². The predicted molar refractivity (Wildman–Crippen MR) is 91.9 cm³/mol. The van der Waals surface area contributed by atoms with E-state index in [0.29, 0.717) is 0 Å². The summed E-state index contributed by atoms with van der Waals surface area (Å²) in [6, 6.07) is 0. The zero-order chi connectivity index (χ0) is 17.1. The van der Waals surface area contributed by atoms with Gasteiger partial charge in [0.05, 0.1) is 0 Å². The van der Waals surface area contributed by atoms with Crippen LogP contribution in [0, 0.1) is 5.41 Å². The van der Waals surface area contributed by atoms with E-state index < -0.39 is 0 Å². The van der Waals surface area contributed by atoms with Gasteiger partial charge in [-0.3, -0.25) is 0 Å². The summed E-state index contributed by atoms with van der Waals surface area (Å²) in [5.41, 5.74) is 0. The van der Waals surface area contributed by atoms with Gasteiger partial charge >= 0.3 is 0 Å². The maximum absolute atomic E-state index is 8.35. The first-order valence-corrected chi connectivity index (χ1v) is 8.98. The molecule has 0 radical (unpaired) electrons. The van der Waals surface area contributed by atoms with Gasteiger partial charge in [0.2, 0.25) is 6.08 Å². The Balaban J connectivity index is 0. The Morgan fingerprint density at radius 2 is 1.23 bits per heavy atom. The van der Waals surface area contributed by atoms with E-state index >= 15 is 0 Å². The van der Waals surface area contributed by atoms with Gasteiger partial charge in [-0.1, -0.05) is 58.8 Å². The molecule has 0 heterocycles. The second-order valence-corrected chi connectivity index (χ2v) is 5.50. The van der Waals surface area contributed by atoms with Gasteiger partial charge in [0, 0.05) is 26.1 Å². The fourth-order valence-corrected chi connectivity index (χ4v) is 2.71. The predicted octanol–water partition coefficient (Wildman–Crippen LogP) is 5.60. The fraction of sp³-hybridized carbons (Fsp3) is 0.944. The van der Waals surface area contributed by atoms with Crippen LogP contribution in [0.4, 0.5) is 0 Å². The number of rotatable bonds is 14. The van der Waals surface area contributed by atoms with Crippen LogP contribution in [0.3, 0.4) is 0 Å². The van der Waals surface area contributed by atoms with Crippen molar-refractivity contribution in [3.05, 3.63) is 0 Å². The Morgan fingerprint density at radius 3 is 1.64 bits per heavy atom. The van der Waals surface area contributed by atoms with Gasteiger partial charge in [-0.2, -0.15) is 0 Å². The molecule has 0 amide bonds. The summed E-state index contributed by atoms with van der Waals surface area (Å²) < 4.78 is 11.9. The highest BCUT2D eigenvalue weighted by Crippen LogP contribution is 2.27. The third-order valence-corrected chi connectivity index (χ3v) is 3.61. The van der Waals surface area contributed by atoms with Crippen molar-refractivity contribution < 1.29 is 14.3 Å². The summed E-state index contributed by atoms with van der Waals surface area (Å²) in [7, 11) is 0. The van der Waals surface area contributed by atoms with Gasteiger partial charge in [0.25, 0.3) is 0 Å². The van der Waals surface area contributed by atoms with Gasteiger partial charge in [0.1, 0.15) is 0 Å². The summed E-state index contributed by atoms with van der Waals surface area (Å²) in [6.07, 6.45) is 13.3. The Kier molecular flexibility index (Phi) is 19.7. The minimum absolute atomic E-state index is 0.304. The molecule has 132 valence electrons. The molecular weight excluding hydrogens is 278 g/mol. The standard InChI is InChI=1S/C17H36O2.CHNO/c1-5-9-10-11-12-13-14-16-17(15-6-2,18-7-3)19-8-4;2-1-3/h5-16H2,1-4H3;2H. The van der Waals surface area contributed by atoms with Gasteiger partial charge < -0.3 is 9.47 Å². The van der Waals surface area contributed by atoms with E-state index in [1.165, 1.54) is 44.9 Å². The van der Waals surface area contributed by atoms with E-state index in [2.05, 4.69) is 27.7 Å². The van der Waals surface area contributed by atoms with Crippen LogP contribution in [-0.4, -0.2) is 25.1 Å². The molecule has 0 unspecified atom stereocenters. The van der Waals surface area contributed by atoms with Gasteiger partial charge in [-0.05, 0) is 20.3 Å². The number of carbonyl (C=O) groups excluding carboxylic acids is 1. The lowest BCUT2D eigenvalue weighted by molar-refractivity contribution is -0.241. The molecule has 0 rings (SSSR count). The summed E-state index contributed by atoms with van der Waals surface area (Å²) in [4.78, 5) is 8.35. The Labute approximate surface area is 137 Å². The van der Waals surface area contributed by atoms with Crippen molar-refractivity contribution in [2.24, 2.45) is 0 Å². The molecule has 0 bridgehead atoms. The second-order valence-electron chi connectivity index (χ2n) is 5.50. The Hall–Kier alpha value is -0.700. The number of unbranched alkanes of at least 4 members (excludes halogenated alkanes) is 6. The number of nitrogens with one attached hydrogen (secondary N) is 1. The monoisotopic (exact) mass is 315 g/mol. The van der Waals surface area contributed by atoms with Crippen molar-refractivity contribution in [2.75, 3.05) is 13.2 Å². The van der Waals surface area contributed by atoms with Gasteiger partial charge in [-0.15, -0.1) is 0 Å². The molecule has 0 aliphatic rings. The average Bonchev–Trinajstić information content (AvgIpc) is 2.48. The second kappa shape index (κ2) is 18.3. The molecule has 0 aliphatic heterocycles. The lowest BCUT2D eigenvalue weighted by atomic mass is 10.0. The first-order valence-electron chi connectivity index (χ1n) is 8.98. The first-order chi connectivity index (χ1) is 10.7. The molecule has 22 heavy (non-hydrogen) atoms. The van der Waals surface area contributed by atoms with E-state index in [4.69, 9.17) is 19.7 Å². The van der Waals surface area contributed by atoms with Crippen LogP contribution in [0.1, 0.15) is 91.9 Å². The van der Waals surface area contributed by atoms with E-state index in [1.807, 2.05) is 0 Å². The Bertz CT molecular complexity index is 234. The first kappa shape index (κ1) is 23.6. The molecule has 0 aromatic rings. The van der Waals surface area contributed by atoms with Crippen molar-refractivity contribution >= 4 is 6.08 Å². The molecule has 0 atom stereocenters. The smallest absolute Gasteiger partial charge is 0.231 e. The van der Waals surface area contributed by atoms with E-state index in [1.54, 1.807) is 0 Å². The molecule has 4 heteroatoms. The Morgan fingerprint density at radius 1 is 0.773 bits per heavy atom. The molecule has 0 aromatic carbocycles. The van der Waals surface area contributed by atoms with Crippen LogP contribution >= 0.6 is 0 Å². The molecule has 0 aromatic heterocycles. The van der Waals surface area contributed by atoms with Crippen molar-refractivity contribution in [3.8, 4) is 0 Å². The molecule has 4 nitrogen and oxygen atoms in total. The molecule has 0 aliphatic carbocycles. The highest BCUT2D eigenvalue weighted by Gasteiger charge is 2.29. The van der Waals surface area contributed by atoms with Gasteiger partial charge in [-0.25, -0.2) is 10.2 Å². The van der Waals surface area contributed by atoms with Crippen LogP contribution in [0.25, 0.3) is 0 Å². The molecule has 0 saturated heterocycles. The van der Waals surface area contributed by atoms with Crippen molar-refractivity contribution in [1.29, 1.82) is 5.41 Å². The maximum Gasteiger partial charge on any atom is 0.231 e. The summed E-state index contributed by atoms with van der Waals surface area (Å²) in [6.45, 7) is 10.1. The van der Waals surface area contributed by atoms with E-state index in [0.717, 1.165) is 38.6 Å². The fourth-order valence-electron chi connectivity index (χ4n) is 2.71. The van der Waals surface area contributed by atoms with E-state index in [9.17, 15) is 0 Å². The number of hydrogen-bond donors (Lipinski definition) is 1. The van der Waals surface area contributed by atoms with E-state index in [-0.39, 0.29) is 5.79 Å². The minimum Gasteiger partial charge on any atom is -0.350 e. The largest absolute Gasteiger partial charge is 0.350 e. The summed E-state index contributed by atoms with van der Waals surface area (Å²) in [5, 5.41) is 5.40. The van der Waals surface area contributed by atoms with Gasteiger partial charge in [0.15, 0.2) is 5.79 Å². The maximum atomic E-state index is 8.35. The SMILES string of the molecule is CCCCCCCCCC(CCC)(OCC)OCC.N=C=O. The van der Waals surface area contributed by atoms with Crippen LogP contribution in [0.2, 0.25) is 0 Å². The highest BCUT2D eigenvalue weighted by atomic mass is 16.7. The zero-order valence-electron chi connectivity index (χ0n) is 15.2. The topological polar surface area (TPSA) is 59.4 Å². The van der Waals surface area contributed by atoms with Crippen LogP contribution in [0.15, 0.2) is 0 Å². The third kappa shape index (κ3) is 14.2. The number of ether oxygens (including phenoxy) is 2. The van der Waals surface area contributed by atoms with Crippen LogP contribution in [0.5, 0.6) is 0 Å². The van der Waals surface area contributed by atoms with Crippen molar-refractivity contribution in [3.63, 3.8) is 0 Å². The molecule has 0 saturated carbocycles. The zero-order valence-corrected chi connectivity index (χ0v) is 15.2. The van der Waals surface area contributed by atoms with Crippen LogP contribution in [-0.2, 0) is 14.3 Å². The minimum atomic E-state index is -0.304. The van der Waals surface area contributed by atoms with Crippen LogP contribution < -0.4 is 0 Å². The third-order valence-electron chi connectivity index (χ3n) is 3.61. The summed E-state index contributed by atoms with van der Waals surface area (Å²) in [5.74, 6) is -0.304. The van der Waals surface area contributed by atoms with Crippen molar-refractivity contribution in [1.82, 2.24) is 0 Å².